The van der Waals surface area contributed by atoms with E-state index < -0.39 is 0 Å². The quantitative estimate of drug-likeness (QED) is 0.630. The highest BCUT2D eigenvalue weighted by Crippen LogP contribution is 2.11. The Hall–Kier alpha value is -0.780. The van der Waals surface area contributed by atoms with E-state index in [0.717, 1.165) is 12.0 Å². The maximum Gasteiger partial charge on any atom is 0.0381 e. The van der Waals surface area contributed by atoms with Crippen molar-refractivity contribution in [2.45, 2.75) is 13.3 Å². The fourth-order valence-corrected chi connectivity index (χ4v) is 1.50. The van der Waals surface area contributed by atoms with Crippen LogP contribution in [0.4, 0.5) is 0 Å². The Kier molecular flexibility index (Phi) is 3.15. The molecule has 2 N–H and O–H groups in total. The Morgan fingerprint density at radius 2 is 2.36 bits per heavy atom. The smallest absolute Gasteiger partial charge is 0.0381 e. The molecule has 0 radical (unpaired) electrons. The number of hydrogen-bond donors (Lipinski definition) is 1. The minimum Gasteiger partial charge on any atom is -0.330 e. The van der Waals surface area contributed by atoms with Gasteiger partial charge in [-0.25, -0.2) is 0 Å². The van der Waals surface area contributed by atoms with Gasteiger partial charge < -0.3 is 5.73 Å². The maximum atomic E-state index is 5.31. The van der Waals surface area contributed by atoms with E-state index in [9.17, 15) is 0 Å². The minimum atomic E-state index is 0.649. The van der Waals surface area contributed by atoms with Crippen molar-refractivity contribution in [2.75, 3.05) is 6.54 Å². The molecule has 0 atom stereocenters. The summed E-state index contributed by atoms with van der Waals surface area (Å²) >= 11 is 1.69. The highest BCUT2D eigenvalue weighted by Gasteiger charge is 1.91. The van der Waals surface area contributed by atoms with E-state index in [1.54, 1.807) is 11.3 Å². The molecule has 0 aliphatic heterocycles. The van der Waals surface area contributed by atoms with E-state index in [1.165, 1.54) is 5.56 Å². The van der Waals surface area contributed by atoms with Crippen LogP contribution in [0.1, 0.15) is 17.5 Å². The average Bonchev–Trinajstić information content (AvgIpc) is 2.37. The van der Waals surface area contributed by atoms with Gasteiger partial charge in [0.1, 0.15) is 0 Å². The molecule has 1 nitrogen and oxygen atoms in total. The van der Waals surface area contributed by atoms with Gasteiger partial charge in [-0.05, 0) is 17.9 Å². The Balaban J connectivity index is 2.65. The molecule has 11 heavy (non-hydrogen) atoms. The van der Waals surface area contributed by atoms with E-state index in [1.807, 2.05) is 0 Å². The average molecular weight is 165 g/mol. The second-order valence-electron chi connectivity index (χ2n) is 2.31. The van der Waals surface area contributed by atoms with Gasteiger partial charge in [0, 0.05) is 23.9 Å². The molecule has 0 aromatic carbocycles. The van der Waals surface area contributed by atoms with Crippen LogP contribution < -0.4 is 5.73 Å². The van der Waals surface area contributed by atoms with E-state index >= 15 is 0 Å². The first-order valence-electron chi connectivity index (χ1n) is 3.56. The van der Waals surface area contributed by atoms with Gasteiger partial charge in [0.15, 0.2) is 0 Å². The normalized spacial score (nSPS) is 8.91. The number of thiophene rings is 1. The van der Waals surface area contributed by atoms with Crippen LogP contribution >= 0.6 is 11.3 Å². The first kappa shape index (κ1) is 8.32. The van der Waals surface area contributed by atoms with Crippen LogP contribution in [-0.2, 0) is 0 Å². The van der Waals surface area contributed by atoms with Crippen LogP contribution in [0.5, 0.6) is 0 Å². The molecule has 1 heterocycles. The first-order valence-corrected chi connectivity index (χ1v) is 4.50. The summed E-state index contributed by atoms with van der Waals surface area (Å²) in [6.07, 6.45) is 0.787. The summed E-state index contributed by atoms with van der Waals surface area (Å²) in [7, 11) is 0. The Labute approximate surface area is 71.2 Å². The van der Waals surface area contributed by atoms with Crippen LogP contribution in [0, 0.1) is 18.8 Å². The summed E-state index contributed by atoms with van der Waals surface area (Å²) < 4.78 is 0. The SMILES string of the molecule is Cc1cscc1C#CCCN. The zero-order valence-corrected chi connectivity index (χ0v) is 7.37. The van der Waals surface area contributed by atoms with Crippen molar-refractivity contribution in [3.63, 3.8) is 0 Å². The van der Waals surface area contributed by atoms with Gasteiger partial charge >= 0.3 is 0 Å². The third-order valence-corrected chi connectivity index (χ3v) is 2.21. The standard InChI is InChI=1S/C9H11NS/c1-8-6-11-7-9(8)4-2-3-5-10/h6-7H,3,5,10H2,1H3. The Morgan fingerprint density at radius 1 is 1.55 bits per heavy atom. The van der Waals surface area contributed by atoms with Crippen LogP contribution in [0.25, 0.3) is 0 Å². The molecule has 0 unspecified atom stereocenters. The molecule has 0 fully saturated rings. The summed E-state index contributed by atoms with van der Waals surface area (Å²) in [6.45, 7) is 2.72. The van der Waals surface area contributed by atoms with Gasteiger partial charge in [0.05, 0.1) is 0 Å². The molecule has 58 valence electrons. The summed E-state index contributed by atoms with van der Waals surface area (Å²) in [6, 6.07) is 0. The minimum absolute atomic E-state index is 0.649. The summed E-state index contributed by atoms with van der Waals surface area (Å²) in [5.74, 6) is 6.08. The third kappa shape index (κ3) is 2.38. The van der Waals surface area contributed by atoms with Gasteiger partial charge in [-0.15, -0.1) is 0 Å². The van der Waals surface area contributed by atoms with Crippen molar-refractivity contribution in [3.8, 4) is 11.8 Å². The van der Waals surface area contributed by atoms with Crippen molar-refractivity contribution in [1.29, 1.82) is 0 Å². The summed E-state index contributed by atoms with van der Waals surface area (Å²) in [4.78, 5) is 0. The predicted molar refractivity (Wildman–Crippen MR) is 49.6 cm³/mol. The topological polar surface area (TPSA) is 26.0 Å². The molecular weight excluding hydrogens is 154 g/mol. The lowest BCUT2D eigenvalue weighted by Gasteiger charge is -1.83. The number of hydrogen-bond acceptors (Lipinski definition) is 2. The fraction of sp³-hybridized carbons (Fsp3) is 0.333. The number of rotatable bonds is 1. The Bertz CT molecular complexity index is 277. The second-order valence-corrected chi connectivity index (χ2v) is 3.05. The van der Waals surface area contributed by atoms with E-state index in [4.69, 9.17) is 5.73 Å². The molecule has 0 amide bonds. The number of aryl methyl sites for hydroxylation is 1. The van der Waals surface area contributed by atoms with Crippen LogP contribution in [0.15, 0.2) is 10.8 Å². The predicted octanol–water partition coefficient (Wildman–Crippen LogP) is 1.76. The molecule has 0 spiro atoms. The van der Waals surface area contributed by atoms with Crippen molar-refractivity contribution in [1.82, 2.24) is 0 Å². The van der Waals surface area contributed by atoms with Gasteiger partial charge in [-0.3, -0.25) is 0 Å². The highest BCUT2D eigenvalue weighted by molar-refractivity contribution is 7.08. The lowest BCUT2D eigenvalue weighted by molar-refractivity contribution is 1.03. The fourth-order valence-electron chi connectivity index (χ4n) is 0.718. The summed E-state index contributed by atoms with van der Waals surface area (Å²) in [5.41, 5.74) is 7.71. The molecule has 1 aromatic rings. The Morgan fingerprint density at radius 3 is 2.91 bits per heavy atom. The van der Waals surface area contributed by atoms with Crippen LogP contribution in [0.2, 0.25) is 0 Å². The van der Waals surface area contributed by atoms with Gasteiger partial charge in [-0.2, -0.15) is 11.3 Å². The molecule has 0 bridgehead atoms. The monoisotopic (exact) mass is 165 g/mol. The largest absolute Gasteiger partial charge is 0.330 e. The van der Waals surface area contributed by atoms with E-state index in [0.29, 0.717) is 6.54 Å². The van der Waals surface area contributed by atoms with Crippen molar-refractivity contribution >= 4 is 11.3 Å². The van der Waals surface area contributed by atoms with E-state index in [-0.39, 0.29) is 0 Å². The van der Waals surface area contributed by atoms with Crippen LogP contribution in [0.3, 0.4) is 0 Å². The molecule has 2 heteroatoms. The maximum absolute atomic E-state index is 5.31. The molecule has 0 aliphatic carbocycles. The second kappa shape index (κ2) is 4.17. The zero-order chi connectivity index (χ0) is 8.10. The molecule has 0 saturated carbocycles. The molecule has 1 rings (SSSR count). The van der Waals surface area contributed by atoms with Crippen LogP contribution in [-0.4, -0.2) is 6.54 Å². The summed E-state index contributed by atoms with van der Waals surface area (Å²) in [5, 5.41) is 4.17. The third-order valence-electron chi connectivity index (χ3n) is 1.35. The van der Waals surface area contributed by atoms with Gasteiger partial charge in [0.25, 0.3) is 0 Å². The number of nitrogens with two attached hydrogens (primary N) is 1. The molecule has 0 aliphatic rings. The van der Waals surface area contributed by atoms with E-state index in [2.05, 4.69) is 29.5 Å². The first-order chi connectivity index (χ1) is 5.34. The van der Waals surface area contributed by atoms with Crippen molar-refractivity contribution in [3.05, 3.63) is 21.9 Å². The molecule has 0 saturated heterocycles. The van der Waals surface area contributed by atoms with Gasteiger partial charge in [0.2, 0.25) is 0 Å². The van der Waals surface area contributed by atoms with Gasteiger partial charge in [-0.1, -0.05) is 11.8 Å². The highest BCUT2D eigenvalue weighted by atomic mass is 32.1. The zero-order valence-electron chi connectivity index (χ0n) is 6.55. The molecular formula is C9H11NS. The molecule has 1 aromatic heterocycles. The lowest BCUT2D eigenvalue weighted by atomic mass is 10.2. The van der Waals surface area contributed by atoms with Crippen molar-refractivity contribution in [2.24, 2.45) is 5.73 Å². The lowest BCUT2D eigenvalue weighted by Crippen LogP contribution is -1.95. The van der Waals surface area contributed by atoms with Crippen molar-refractivity contribution < 1.29 is 0 Å².